The molecule has 0 spiro atoms. The van der Waals surface area contributed by atoms with E-state index < -0.39 is 0 Å². The van der Waals surface area contributed by atoms with Crippen LogP contribution in [0.2, 0.25) is 0 Å². The predicted molar refractivity (Wildman–Crippen MR) is 93.7 cm³/mol. The summed E-state index contributed by atoms with van der Waals surface area (Å²) in [7, 11) is 0. The van der Waals surface area contributed by atoms with E-state index in [0.29, 0.717) is 11.9 Å². The molecule has 0 bridgehead atoms. The third-order valence-electron chi connectivity index (χ3n) is 4.22. The first kappa shape index (κ1) is 16.5. The van der Waals surface area contributed by atoms with Crippen molar-refractivity contribution in [2.24, 2.45) is 0 Å². The summed E-state index contributed by atoms with van der Waals surface area (Å²) in [5, 5.41) is 0. The van der Waals surface area contributed by atoms with Crippen LogP contribution in [-0.2, 0) is 0 Å². The molecule has 0 saturated carbocycles. The number of aromatic nitrogens is 2. The lowest BCUT2D eigenvalue weighted by Gasteiger charge is -2.18. The van der Waals surface area contributed by atoms with Crippen LogP contribution in [0.5, 0.6) is 0 Å². The molecule has 0 aliphatic rings. The van der Waals surface area contributed by atoms with Crippen LogP contribution >= 0.6 is 0 Å². The minimum absolute atomic E-state index is 0.350. The molecule has 0 aliphatic carbocycles. The molecule has 0 saturated heterocycles. The van der Waals surface area contributed by atoms with Gasteiger partial charge in [0, 0.05) is 17.3 Å². The highest BCUT2D eigenvalue weighted by Crippen LogP contribution is 2.32. The third kappa shape index (κ3) is 4.30. The van der Waals surface area contributed by atoms with E-state index in [4.69, 9.17) is 5.73 Å². The zero-order valence-electron chi connectivity index (χ0n) is 13.8. The van der Waals surface area contributed by atoms with Crippen molar-refractivity contribution < 1.29 is 0 Å². The van der Waals surface area contributed by atoms with Gasteiger partial charge in [0.05, 0.1) is 5.69 Å². The van der Waals surface area contributed by atoms with Gasteiger partial charge in [0.15, 0.2) is 0 Å². The number of nitrogens with two attached hydrogens (primary N) is 1. The van der Waals surface area contributed by atoms with Crippen LogP contribution < -0.4 is 5.73 Å². The summed E-state index contributed by atoms with van der Waals surface area (Å²) in [4.78, 5) is 8.77. The van der Waals surface area contributed by atoms with Gasteiger partial charge in [-0.1, -0.05) is 69.9 Å². The van der Waals surface area contributed by atoms with Crippen molar-refractivity contribution in [1.82, 2.24) is 9.97 Å². The van der Waals surface area contributed by atoms with E-state index in [1.54, 1.807) is 0 Å². The summed E-state index contributed by atoms with van der Waals surface area (Å²) in [5.74, 6) is 0.858. The quantitative estimate of drug-likeness (QED) is 0.682. The van der Waals surface area contributed by atoms with Crippen LogP contribution in [0.1, 0.15) is 63.9 Å². The Morgan fingerprint density at radius 3 is 2.50 bits per heavy atom. The number of nitrogen functional groups attached to an aromatic ring is 1. The first-order chi connectivity index (χ1) is 10.8. The van der Waals surface area contributed by atoms with Crippen molar-refractivity contribution in [1.29, 1.82) is 0 Å². The molecule has 1 aromatic carbocycles. The second-order valence-corrected chi connectivity index (χ2v) is 5.85. The largest absolute Gasteiger partial charge is 0.368 e. The second-order valence-electron chi connectivity index (χ2n) is 5.85. The normalized spacial score (nSPS) is 12.3. The molecule has 0 fully saturated rings. The maximum Gasteiger partial charge on any atom is 0.220 e. The third-order valence-corrected chi connectivity index (χ3v) is 4.22. The Hall–Kier alpha value is -1.90. The van der Waals surface area contributed by atoms with Gasteiger partial charge >= 0.3 is 0 Å². The van der Waals surface area contributed by atoms with Gasteiger partial charge in [-0.25, -0.2) is 9.97 Å². The summed E-state index contributed by atoms with van der Waals surface area (Å²) in [6, 6.07) is 10.3. The Balaban J connectivity index is 2.25. The van der Waals surface area contributed by atoms with Crippen molar-refractivity contribution in [3.8, 4) is 11.3 Å². The molecular weight excluding hydrogens is 270 g/mol. The molecule has 1 heterocycles. The lowest BCUT2D eigenvalue weighted by atomic mass is 9.89. The highest BCUT2D eigenvalue weighted by Gasteiger charge is 2.17. The number of hydrogen-bond acceptors (Lipinski definition) is 3. The Morgan fingerprint density at radius 1 is 1.05 bits per heavy atom. The van der Waals surface area contributed by atoms with E-state index in [9.17, 15) is 0 Å². The molecule has 2 N–H and O–H groups in total. The topological polar surface area (TPSA) is 51.8 Å². The van der Waals surface area contributed by atoms with Crippen LogP contribution in [0, 0.1) is 0 Å². The number of rotatable bonds is 8. The molecule has 3 heteroatoms. The molecule has 2 aromatic rings. The molecule has 3 nitrogen and oxygen atoms in total. The van der Waals surface area contributed by atoms with E-state index in [0.717, 1.165) is 17.7 Å². The number of anilines is 1. The summed E-state index contributed by atoms with van der Waals surface area (Å²) in [6.45, 7) is 4.49. The van der Waals surface area contributed by atoms with E-state index in [-0.39, 0.29) is 0 Å². The molecule has 0 aliphatic heterocycles. The zero-order valence-corrected chi connectivity index (χ0v) is 13.8. The van der Waals surface area contributed by atoms with Crippen molar-refractivity contribution in [2.45, 2.75) is 58.3 Å². The molecule has 1 unspecified atom stereocenters. The summed E-state index contributed by atoms with van der Waals surface area (Å²) >= 11 is 0. The van der Waals surface area contributed by atoms with Crippen molar-refractivity contribution in [3.63, 3.8) is 0 Å². The Morgan fingerprint density at radius 2 is 1.82 bits per heavy atom. The Labute approximate surface area is 134 Å². The first-order valence-corrected chi connectivity index (χ1v) is 8.44. The van der Waals surface area contributed by atoms with Crippen molar-refractivity contribution >= 4 is 5.95 Å². The van der Waals surface area contributed by atoms with Crippen molar-refractivity contribution in [2.75, 3.05) is 5.73 Å². The van der Waals surface area contributed by atoms with E-state index in [1.807, 2.05) is 24.4 Å². The van der Waals surface area contributed by atoms with Crippen LogP contribution in [-0.4, -0.2) is 9.97 Å². The molecule has 22 heavy (non-hydrogen) atoms. The molecule has 118 valence electrons. The first-order valence-electron chi connectivity index (χ1n) is 8.44. The number of benzene rings is 1. The Kier molecular flexibility index (Phi) is 6.38. The van der Waals surface area contributed by atoms with E-state index >= 15 is 0 Å². The monoisotopic (exact) mass is 297 g/mol. The van der Waals surface area contributed by atoms with Crippen LogP contribution in [0.4, 0.5) is 5.95 Å². The molecule has 2 rings (SSSR count). The fraction of sp³-hybridized carbons (Fsp3) is 0.474. The van der Waals surface area contributed by atoms with Gasteiger partial charge in [0.2, 0.25) is 5.95 Å². The average molecular weight is 297 g/mol. The molecule has 0 amide bonds. The molecule has 1 atom stereocenters. The molecular formula is C19H27N3. The number of unbranched alkanes of at least 4 members (excludes halogenated alkanes) is 3. The molecule has 1 aromatic heterocycles. The maximum atomic E-state index is 5.82. The highest BCUT2D eigenvalue weighted by atomic mass is 15.0. The van der Waals surface area contributed by atoms with E-state index in [1.165, 1.54) is 37.7 Å². The zero-order chi connectivity index (χ0) is 15.8. The van der Waals surface area contributed by atoms with Crippen molar-refractivity contribution in [3.05, 3.63) is 42.1 Å². The van der Waals surface area contributed by atoms with Gasteiger partial charge < -0.3 is 5.73 Å². The summed E-state index contributed by atoms with van der Waals surface area (Å²) < 4.78 is 0. The highest BCUT2D eigenvalue weighted by molar-refractivity contribution is 5.64. The Bertz CT molecular complexity index is 566. The lowest BCUT2D eigenvalue weighted by Crippen LogP contribution is -2.06. The number of hydrogen-bond donors (Lipinski definition) is 1. The maximum absolute atomic E-state index is 5.82. The van der Waals surface area contributed by atoms with Gasteiger partial charge in [-0.05, 0) is 18.8 Å². The predicted octanol–water partition coefficient (Wildman–Crippen LogP) is 5.19. The second kappa shape index (κ2) is 8.52. The fourth-order valence-electron chi connectivity index (χ4n) is 2.93. The van der Waals surface area contributed by atoms with E-state index in [2.05, 4.69) is 35.9 Å². The van der Waals surface area contributed by atoms with Gasteiger partial charge in [0.25, 0.3) is 0 Å². The van der Waals surface area contributed by atoms with Gasteiger partial charge in [-0.3, -0.25) is 0 Å². The summed E-state index contributed by atoms with van der Waals surface area (Å²) in [6.07, 6.45) is 9.41. The lowest BCUT2D eigenvalue weighted by molar-refractivity contribution is 0.541. The van der Waals surface area contributed by atoms with Gasteiger partial charge in [0.1, 0.15) is 0 Å². The van der Waals surface area contributed by atoms with Crippen LogP contribution in [0.3, 0.4) is 0 Å². The standard InChI is InChI=1S/C19H27N3/c1-3-5-6-8-11-15(4-2)17-14-21-19(20)22-18(17)16-12-9-7-10-13-16/h7,9-10,12-15H,3-6,8,11H2,1-2H3,(H2,20,21,22). The van der Waals surface area contributed by atoms with Gasteiger partial charge in [-0.2, -0.15) is 0 Å². The average Bonchev–Trinajstić information content (AvgIpc) is 2.56. The fourth-order valence-corrected chi connectivity index (χ4v) is 2.93. The minimum atomic E-state index is 0.350. The minimum Gasteiger partial charge on any atom is -0.368 e. The van der Waals surface area contributed by atoms with Crippen LogP contribution in [0.25, 0.3) is 11.3 Å². The molecule has 0 radical (unpaired) electrons. The summed E-state index contributed by atoms with van der Waals surface area (Å²) in [5.41, 5.74) is 9.18. The van der Waals surface area contributed by atoms with Gasteiger partial charge in [-0.15, -0.1) is 0 Å². The number of nitrogens with zero attached hydrogens (tertiary/aromatic N) is 2. The SMILES string of the molecule is CCCCCCC(CC)c1cnc(N)nc1-c1ccccc1. The smallest absolute Gasteiger partial charge is 0.220 e. The van der Waals surface area contributed by atoms with Crippen LogP contribution in [0.15, 0.2) is 36.5 Å².